The van der Waals surface area contributed by atoms with Crippen LogP contribution in [-0.2, 0) is 22.1 Å². The Kier molecular flexibility index (Phi) is 5.82. The van der Waals surface area contributed by atoms with Crippen LogP contribution in [0.15, 0.2) is 78.2 Å². The van der Waals surface area contributed by atoms with Crippen LogP contribution in [0.4, 0.5) is 0 Å². The quantitative estimate of drug-likeness (QED) is 0.741. The molecule has 0 saturated carbocycles. The van der Waals surface area contributed by atoms with Crippen LogP contribution in [0.1, 0.15) is 18.4 Å². The van der Waals surface area contributed by atoms with Gasteiger partial charge >= 0.3 is 0 Å². The van der Waals surface area contributed by atoms with Gasteiger partial charge in [-0.3, -0.25) is 9.00 Å². The highest BCUT2D eigenvalue weighted by atomic mass is 32.2. The fourth-order valence-electron chi connectivity index (χ4n) is 3.33. The predicted molar refractivity (Wildman–Crippen MR) is 101 cm³/mol. The van der Waals surface area contributed by atoms with E-state index in [-0.39, 0.29) is 5.91 Å². The summed E-state index contributed by atoms with van der Waals surface area (Å²) in [5.41, 5.74) is 1.10. The van der Waals surface area contributed by atoms with Crippen LogP contribution in [0.5, 0.6) is 0 Å². The van der Waals surface area contributed by atoms with Gasteiger partial charge in [-0.15, -0.1) is 6.58 Å². The van der Waals surface area contributed by atoms with Gasteiger partial charge in [0.15, 0.2) is 0 Å². The molecule has 2 aromatic carbocycles. The summed E-state index contributed by atoms with van der Waals surface area (Å²) < 4.78 is 13.0. The van der Waals surface area contributed by atoms with Crippen molar-refractivity contribution in [2.75, 3.05) is 6.54 Å². The van der Waals surface area contributed by atoms with Crippen LogP contribution in [-0.4, -0.2) is 26.8 Å². The lowest BCUT2D eigenvalue weighted by Gasteiger charge is -2.36. The SMILES string of the molecule is C=CCC1CC(S(=O)c2ccccc2)C(=O)N(Cc2ccccc2)C1. The Hall–Kier alpha value is -2.20. The second kappa shape index (κ2) is 8.26. The average molecular weight is 353 g/mol. The van der Waals surface area contributed by atoms with Crippen molar-refractivity contribution in [1.82, 2.24) is 4.90 Å². The van der Waals surface area contributed by atoms with Gasteiger partial charge in [0.25, 0.3) is 0 Å². The summed E-state index contributed by atoms with van der Waals surface area (Å²) in [5, 5.41) is -0.482. The van der Waals surface area contributed by atoms with Crippen molar-refractivity contribution in [3.05, 3.63) is 78.9 Å². The molecular weight excluding hydrogens is 330 g/mol. The molecule has 3 unspecified atom stereocenters. The fourth-order valence-corrected chi connectivity index (χ4v) is 4.87. The summed E-state index contributed by atoms with van der Waals surface area (Å²) in [6, 6.07) is 19.3. The number of benzene rings is 2. The van der Waals surface area contributed by atoms with Gasteiger partial charge in [-0.2, -0.15) is 0 Å². The number of hydrogen-bond acceptors (Lipinski definition) is 2. The molecule has 1 heterocycles. The molecule has 1 fully saturated rings. The van der Waals surface area contributed by atoms with E-state index in [1.165, 1.54) is 0 Å². The van der Waals surface area contributed by atoms with Crippen molar-refractivity contribution in [2.24, 2.45) is 5.92 Å². The van der Waals surface area contributed by atoms with Gasteiger partial charge < -0.3 is 4.90 Å². The van der Waals surface area contributed by atoms with Gasteiger partial charge in [0, 0.05) is 18.0 Å². The smallest absolute Gasteiger partial charge is 0.239 e. The van der Waals surface area contributed by atoms with Gasteiger partial charge in [0.2, 0.25) is 5.91 Å². The lowest BCUT2D eigenvalue weighted by molar-refractivity contribution is -0.134. The molecule has 0 aromatic heterocycles. The normalized spacial score (nSPS) is 21.8. The molecule has 1 amide bonds. The molecule has 1 aliphatic rings. The van der Waals surface area contributed by atoms with Crippen molar-refractivity contribution in [1.29, 1.82) is 0 Å². The number of piperidine rings is 1. The van der Waals surface area contributed by atoms with Gasteiger partial charge in [-0.1, -0.05) is 54.6 Å². The minimum absolute atomic E-state index is 0.00801. The van der Waals surface area contributed by atoms with Crippen molar-refractivity contribution < 1.29 is 9.00 Å². The van der Waals surface area contributed by atoms with E-state index in [0.717, 1.165) is 16.9 Å². The Bertz CT molecular complexity index is 745. The van der Waals surface area contributed by atoms with Crippen LogP contribution >= 0.6 is 0 Å². The van der Waals surface area contributed by atoms with E-state index in [4.69, 9.17) is 0 Å². The maximum absolute atomic E-state index is 13.0. The van der Waals surface area contributed by atoms with E-state index in [0.29, 0.717) is 25.4 Å². The molecule has 0 radical (unpaired) electrons. The second-order valence-electron chi connectivity index (χ2n) is 6.43. The first-order valence-corrected chi connectivity index (χ1v) is 9.79. The number of allylic oxidation sites excluding steroid dienone is 1. The third-order valence-corrected chi connectivity index (χ3v) is 6.21. The summed E-state index contributed by atoms with van der Waals surface area (Å²) >= 11 is 0. The molecule has 130 valence electrons. The van der Waals surface area contributed by atoms with Gasteiger partial charge in [0.05, 0.1) is 10.8 Å². The molecule has 3 rings (SSSR count). The molecule has 1 aliphatic heterocycles. The van der Waals surface area contributed by atoms with E-state index in [1.807, 2.05) is 71.6 Å². The largest absolute Gasteiger partial charge is 0.337 e. The van der Waals surface area contributed by atoms with Crippen LogP contribution in [0.2, 0.25) is 0 Å². The minimum Gasteiger partial charge on any atom is -0.337 e. The Morgan fingerprint density at radius 3 is 2.36 bits per heavy atom. The zero-order valence-electron chi connectivity index (χ0n) is 14.2. The fraction of sp³-hybridized carbons (Fsp3) is 0.286. The van der Waals surface area contributed by atoms with Crippen LogP contribution < -0.4 is 0 Å². The standard InChI is InChI=1S/C21H23NO2S/c1-2-9-18-14-20(25(24)19-12-7-4-8-13-19)21(23)22(16-18)15-17-10-5-3-6-11-17/h2-8,10-13,18,20H,1,9,14-16H2. The van der Waals surface area contributed by atoms with Crippen LogP contribution in [0.25, 0.3) is 0 Å². The Morgan fingerprint density at radius 1 is 1.08 bits per heavy atom. The Labute approximate surface area is 151 Å². The van der Waals surface area contributed by atoms with Crippen molar-refractivity contribution in [3.8, 4) is 0 Å². The highest BCUT2D eigenvalue weighted by molar-refractivity contribution is 7.86. The minimum atomic E-state index is -1.33. The number of carbonyl (C=O) groups excluding carboxylic acids is 1. The second-order valence-corrected chi connectivity index (χ2v) is 8.06. The zero-order chi connectivity index (χ0) is 17.6. The van der Waals surface area contributed by atoms with Gasteiger partial charge in [0.1, 0.15) is 5.25 Å². The molecule has 0 bridgehead atoms. The molecular formula is C21H23NO2S. The number of carbonyl (C=O) groups is 1. The third kappa shape index (κ3) is 4.26. The number of nitrogens with zero attached hydrogens (tertiary/aromatic N) is 1. The summed E-state index contributed by atoms with van der Waals surface area (Å²) in [6.45, 7) is 5.09. The van der Waals surface area contributed by atoms with E-state index < -0.39 is 16.0 Å². The lowest BCUT2D eigenvalue weighted by Crippen LogP contribution is -2.49. The molecule has 25 heavy (non-hydrogen) atoms. The first-order valence-electron chi connectivity index (χ1n) is 8.58. The summed E-state index contributed by atoms with van der Waals surface area (Å²) in [7, 11) is -1.33. The third-order valence-electron chi connectivity index (χ3n) is 4.56. The highest BCUT2D eigenvalue weighted by Gasteiger charge is 2.37. The topological polar surface area (TPSA) is 37.4 Å². The number of amides is 1. The zero-order valence-corrected chi connectivity index (χ0v) is 15.0. The number of rotatable bonds is 6. The molecule has 0 aliphatic carbocycles. The molecule has 1 saturated heterocycles. The van der Waals surface area contributed by atoms with Crippen LogP contribution in [0, 0.1) is 5.92 Å². The van der Waals surface area contributed by atoms with E-state index in [2.05, 4.69) is 6.58 Å². The maximum atomic E-state index is 13.0. The Morgan fingerprint density at radius 2 is 1.72 bits per heavy atom. The van der Waals surface area contributed by atoms with Crippen molar-refractivity contribution >= 4 is 16.7 Å². The highest BCUT2D eigenvalue weighted by Crippen LogP contribution is 2.28. The van der Waals surface area contributed by atoms with Crippen molar-refractivity contribution in [3.63, 3.8) is 0 Å². The van der Waals surface area contributed by atoms with E-state index in [9.17, 15) is 9.00 Å². The molecule has 4 heteroatoms. The number of hydrogen-bond donors (Lipinski definition) is 0. The van der Waals surface area contributed by atoms with E-state index in [1.54, 1.807) is 0 Å². The average Bonchev–Trinajstić information content (AvgIpc) is 2.65. The van der Waals surface area contributed by atoms with Crippen LogP contribution in [0.3, 0.4) is 0 Å². The lowest BCUT2D eigenvalue weighted by atomic mass is 9.93. The number of likely N-dealkylation sites (tertiary alicyclic amines) is 1. The molecule has 0 N–H and O–H groups in total. The summed E-state index contributed by atoms with van der Waals surface area (Å²) in [6.07, 6.45) is 3.38. The summed E-state index contributed by atoms with van der Waals surface area (Å²) in [5.74, 6) is 0.294. The maximum Gasteiger partial charge on any atom is 0.239 e. The van der Waals surface area contributed by atoms with Gasteiger partial charge in [-0.25, -0.2) is 0 Å². The molecule has 3 atom stereocenters. The van der Waals surface area contributed by atoms with Gasteiger partial charge in [-0.05, 0) is 36.5 Å². The molecule has 2 aromatic rings. The van der Waals surface area contributed by atoms with E-state index >= 15 is 0 Å². The first kappa shape index (κ1) is 17.6. The Balaban J connectivity index is 1.83. The van der Waals surface area contributed by atoms with Crippen molar-refractivity contribution in [2.45, 2.75) is 29.5 Å². The molecule has 0 spiro atoms. The first-order chi connectivity index (χ1) is 12.2. The summed E-state index contributed by atoms with van der Waals surface area (Å²) in [4.78, 5) is 15.6. The predicted octanol–water partition coefficient (Wildman–Crippen LogP) is 3.79. The monoisotopic (exact) mass is 353 g/mol. The molecule has 3 nitrogen and oxygen atoms in total.